The van der Waals surface area contributed by atoms with Crippen LogP contribution in [0.4, 0.5) is 0 Å². The molecule has 1 aliphatic carbocycles. The first kappa shape index (κ1) is 21.8. The molecule has 0 nitrogen and oxygen atoms in total. The van der Waals surface area contributed by atoms with Crippen molar-refractivity contribution in [2.45, 2.75) is 34.6 Å². The molecule has 0 fully saturated rings. The largest absolute Gasteiger partial charge is 1.00 e. The summed E-state index contributed by atoms with van der Waals surface area (Å²) < 4.78 is 1.67. The van der Waals surface area contributed by atoms with Gasteiger partial charge in [-0.15, -0.1) is 0 Å². The van der Waals surface area contributed by atoms with Crippen molar-refractivity contribution in [1.82, 2.24) is 0 Å². The first-order valence-electron chi connectivity index (χ1n) is 4.00. The number of halogens is 3. The fraction of sp³-hybridized carbons (Fsp3) is 0.600. The van der Waals surface area contributed by atoms with Crippen LogP contribution < -0.4 is 71.9 Å². The van der Waals surface area contributed by atoms with Crippen molar-refractivity contribution in [2.75, 3.05) is 0 Å². The molecule has 4 heteroatoms. The van der Waals surface area contributed by atoms with Crippen LogP contribution in [0.5, 0.6) is 0 Å². The van der Waals surface area contributed by atoms with E-state index in [2.05, 4.69) is 34.6 Å². The van der Waals surface area contributed by atoms with E-state index in [1.165, 1.54) is 29.9 Å². The van der Waals surface area contributed by atoms with Gasteiger partial charge in [0.15, 0.2) is 0 Å². The summed E-state index contributed by atoms with van der Waals surface area (Å²) in [5.74, 6) is 0. The average molecular weight is 694 g/mol. The smallest absolute Gasteiger partial charge is 1.00 e. The Labute approximate surface area is 154 Å². The summed E-state index contributed by atoms with van der Waals surface area (Å²) in [5.41, 5.74) is 5.03. The zero-order valence-corrected chi connectivity index (χ0v) is 19.2. The normalized spacial score (nSPS) is 18.5. The zero-order valence-electron chi connectivity index (χ0n) is 9.13. The second kappa shape index (κ2) is 7.79. The summed E-state index contributed by atoms with van der Waals surface area (Å²) in [6.45, 7) is 11.5. The first-order chi connectivity index (χ1) is 4.89. The summed E-state index contributed by atoms with van der Waals surface area (Å²) in [5, 5.41) is 0. The van der Waals surface area contributed by atoms with Crippen molar-refractivity contribution in [1.29, 1.82) is 0 Å². The summed E-state index contributed by atoms with van der Waals surface area (Å²) in [7, 11) is 0. The Hall–Kier alpha value is 2.54. The maximum atomic E-state index is 2.34. The van der Waals surface area contributed by atoms with Gasteiger partial charge in [-0.05, 0) is 0 Å². The Morgan fingerprint density at radius 1 is 0.857 bits per heavy atom. The molecule has 0 saturated heterocycles. The molecule has 0 spiro atoms. The molecule has 0 amide bonds. The monoisotopic (exact) mass is 696 g/mol. The minimum atomic E-state index is 0. The van der Waals surface area contributed by atoms with Crippen molar-refractivity contribution in [3.63, 3.8) is 0 Å². The quantitative estimate of drug-likeness (QED) is 0.176. The molecule has 0 bridgehead atoms. The summed E-state index contributed by atoms with van der Waals surface area (Å²) in [6, 6.07) is 0. The van der Waals surface area contributed by atoms with E-state index in [0.29, 0.717) is 5.41 Å². The average Bonchev–Trinajstić information content (AvgIpc) is 2.06. The van der Waals surface area contributed by atoms with E-state index in [0.717, 1.165) is 0 Å². The maximum Gasteiger partial charge on any atom is -1.00 e. The molecular formula is C10H15HfI3. The minimum Gasteiger partial charge on any atom is -1.00 e. The van der Waals surface area contributed by atoms with E-state index < -0.39 is 0 Å². The Balaban J connectivity index is -0.000000403. The molecule has 0 saturated carbocycles. The topological polar surface area (TPSA) is 0 Å². The van der Waals surface area contributed by atoms with Crippen LogP contribution >= 0.6 is 0 Å². The van der Waals surface area contributed by atoms with Crippen LogP contribution in [0, 0.1) is 5.41 Å². The van der Waals surface area contributed by atoms with Crippen molar-refractivity contribution < 1.29 is 96.3 Å². The van der Waals surface area contributed by atoms with E-state index in [1.807, 2.05) is 0 Å². The molecule has 0 aromatic heterocycles. The SMILES string of the molecule is CC1=C(C)C(C)(C)[C]([Hf+3])=C1C.[I-].[I-].[I-]. The summed E-state index contributed by atoms with van der Waals surface area (Å²) in [6.07, 6.45) is 0. The van der Waals surface area contributed by atoms with E-state index in [-0.39, 0.29) is 71.9 Å². The standard InChI is InChI=1S/C10H15.Hf.3HI/c1-7-6-10(4,5)9(3)8(7)2;;;;/h1-5H3;;3*1H/q;+3;;;/p-3. The molecule has 1 aliphatic rings. The third-order valence-electron chi connectivity index (χ3n) is 3.06. The Kier molecular flexibility index (Phi) is 12.1. The van der Waals surface area contributed by atoms with Gasteiger partial charge >= 0.3 is 84.5 Å². The van der Waals surface area contributed by atoms with E-state index in [9.17, 15) is 0 Å². The van der Waals surface area contributed by atoms with Gasteiger partial charge in [-0.2, -0.15) is 0 Å². The van der Waals surface area contributed by atoms with Crippen LogP contribution in [0.15, 0.2) is 20.0 Å². The van der Waals surface area contributed by atoms with Crippen LogP contribution in [0.3, 0.4) is 0 Å². The molecular weight excluding hydrogens is 679 g/mol. The van der Waals surface area contributed by atoms with Gasteiger partial charge in [0, 0.05) is 0 Å². The predicted octanol–water partition coefficient (Wildman–Crippen LogP) is -5.80. The molecule has 0 unspecified atom stereocenters. The van der Waals surface area contributed by atoms with E-state index in [1.54, 1.807) is 14.5 Å². The zero-order chi connectivity index (χ0) is 8.81. The van der Waals surface area contributed by atoms with E-state index in [4.69, 9.17) is 0 Å². The second-order valence-electron chi connectivity index (χ2n) is 3.88. The van der Waals surface area contributed by atoms with Crippen molar-refractivity contribution >= 4 is 0 Å². The second-order valence-corrected chi connectivity index (χ2v) is 5.67. The molecule has 0 atom stereocenters. The van der Waals surface area contributed by atoms with Crippen molar-refractivity contribution in [3.05, 3.63) is 20.0 Å². The predicted molar refractivity (Wildman–Crippen MR) is 44.9 cm³/mol. The van der Waals surface area contributed by atoms with Gasteiger partial charge in [0.05, 0.1) is 0 Å². The molecule has 0 heterocycles. The Morgan fingerprint density at radius 3 is 1.29 bits per heavy atom. The van der Waals surface area contributed by atoms with Gasteiger partial charge in [0.1, 0.15) is 0 Å². The third kappa shape index (κ3) is 3.78. The number of hydrogen-bond acceptors (Lipinski definition) is 0. The summed E-state index contributed by atoms with van der Waals surface area (Å²) >= 11 is 1.21. The van der Waals surface area contributed by atoms with Crippen LogP contribution in [-0.2, 0) is 24.4 Å². The van der Waals surface area contributed by atoms with Crippen LogP contribution in [0.25, 0.3) is 0 Å². The number of allylic oxidation sites excluding steroid dienone is 4. The molecule has 14 heavy (non-hydrogen) atoms. The molecule has 0 aliphatic heterocycles. The molecule has 0 radical (unpaired) electrons. The van der Waals surface area contributed by atoms with Gasteiger partial charge in [-0.3, -0.25) is 0 Å². The maximum absolute atomic E-state index is 2.34. The molecule has 80 valence electrons. The third-order valence-corrected chi connectivity index (χ3v) is 6.66. The van der Waals surface area contributed by atoms with Gasteiger partial charge in [0.25, 0.3) is 0 Å². The molecule has 0 aromatic rings. The van der Waals surface area contributed by atoms with Gasteiger partial charge in [-0.25, -0.2) is 0 Å². The minimum absolute atomic E-state index is 0. The van der Waals surface area contributed by atoms with Gasteiger partial charge in [-0.1, -0.05) is 0 Å². The number of rotatable bonds is 0. The van der Waals surface area contributed by atoms with Gasteiger partial charge in [0.2, 0.25) is 0 Å². The Morgan fingerprint density at radius 2 is 1.21 bits per heavy atom. The van der Waals surface area contributed by atoms with Crippen molar-refractivity contribution in [3.8, 4) is 0 Å². The Bertz CT molecular complexity index is 239. The molecule has 1 rings (SSSR count). The van der Waals surface area contributed by atoms with E-state index >= 15 is 0 Å². The number of hydrogen-bond donors (Lipinski definition) is 0. The van der Waals surface area contributed by atoms with Crippen LogP contribution in [0.2, 0.25) is 0 Å². The first-order valence-corrected chi connectivity index (χ1v) is 5.80. The van der Waals surface area contributed by atoms with Crippen molar-refractivity contribution in [2.24, 2.45) is 5.41 Å². The molecule has 0 N–H and O–H groups in total. The fourth-order valence-corrected chi connectivity index (χ4v) is 2.94. The van der Waals surface area contributed by atoms with Crippen LogP contribution in [0.1, 0.15) is 34.6 Å². The van der Waals surface area contributed by atoms with Crippen LogP contribution in [-0.4, -0.2) is 0 Å². The molecule has 0 aromatic carbocycles. The summed E-state index contributed by atoms with van der Waals surface area (Å²) in [4.78, 5) is 0. The van der Waals surface area contributed by atoms with Gasteiger partial charge < -0.3 is 71.9 Å². The fourth-order valence-electron chi connectivity index (χ4n) is 1.59.